The predicted octanol–water partition coefficient (Wildman–Crippen LogP) is 1.76. The Labute approximate surface area is 105 Å². The van der Waals surface area contributed by atoms with E-state index in [1.54, 1.807) is 0 Å². The van der Waals surface area contributed by atoms with Gasteiger partial charge in [0.1, 0.15) is 10.7 Å². The molecule has 17 heavy (non-hydrogen) atoms. The van der Waals surface area contributed by atoms with Crippen LogP contribution in [0.3, 0.4) is 0 Å². The molecule has 1 N–H and O–H groups in total. The summed E-state index contributed by atoms with van der Waals surface area (Å²) in [6, 6.07) is 2.82. The minimum atomic E-state index is -1.07. The summed E-state index contributed by atoms with van der Waals surface area (Å²) in [5.74, 6) is -1.000. The molecule has 0 spiro atoms. The van der Waals surface area contributed by atoms with Gasteiger partial charge in [0.2, 0.25) is 5.88 Å². The van der Waals surface area contributed by atoms with Gasteiger partial charge < -0.3 is 14.7 Å². The van der Waals surface area contributed by atoms with Crippen molar-refractivity contribution >= 4 is 17.6 Å². The molecule has 0 saturated carbocycles. The second-order valence-corrected chi connectivity index (χ2v) is 4.18. The Kier molecular flexibility index (Phi) is 5.18. The minimum Gasteiger partial charge on any atom is -0.477 e. The Bertz CT molecular complexity index is 396. The average Bonchev–Trinajstić information content (AvgIpc) is 2.23. The topological polar surface area (TPSA) is 62.7 Å². The Morgan fingerprint density at radius 1 is 1.53 bits per heavy atom. The Hall–Kier alpha value is -1.33. The van der Waals surface area contributed by atoms with Gasteiger partial charge in [0.15, 0.2) is 0 Å². The molecule has 0 radical (unpaired) electrons. The summed E-state index contributed by atoms with van der Waals surface area (Å²) in [4.78, 5) is 16.8. The highest BCUT2D eigenvalue weighted by atomic mass is 35.5. The highest BCUT2D eigenvalue weighted by Gasteiger charge is 2.13. The van der Waals surface area contributed by atoms with Crippen LogP contribution in [0.25, 0.3) is 0 Å². The molecular formula is C11H15ClN2O3. The first kappa shape index (κ1) is 13.7. The standard InChI is InChI=1S/C11H15ClN2O3/c1-14(2)6-3-7-17-10-8(11(15)16)4-5-9(12)13-10/h4-5H,3,6-7H2,1-2H3,(H,15,16). The van der Waals surface area contributed by atoms with Crippen LogP contribution in [0.4, 0.5) is 0 Å². The van der Waals surface area contributed by atoms with E-state index in [0.717, 1.165) is 13.0 Å². The molecular weight excluding hydrogens is 244 g/mol. The van der Waals surface area contributed by atoms with Crippen molar-refractivity contribution in [1.82, 2.24) is 9.88 Å². The van der Waals surface area contributed by atoms with Crippen LogP contribution in [0.15, 0.2) is 12.1 Å². The summed E-state index contributed by atoms with van der Waals surface area (Å²) in [7, 11) is 3.92. The molecule has 0 aliphatic rings. The van der Waals surface area contributed by atoms with Gasteiger partial charge in [-0.1, -0.05) is 11.6 Å². The predicted molar refractivity (Wildman–Crippen MR) is 64.9 cm³/mol. The first-order chi connectivity index (χ1) is 8.00. The van der Waals surface area contributed by atoms with Crippen LogP contribution in [0, 0.1) is 0 Å². The molecule has 1 aromatic heterocycles. The van der Waals surface area contributed by atoms with Crippen LogP contribution in [0.2, 0.25) is 5.15 Å². The van der Waals surface area contributed by atoms with Crippen molar-refractivity contribution in [2.24, 2.45) is 0 Å². The second-order valence-electron chi connectivity index (χ2n) is 3.80. The lowest BCUT2D eigenvalue weighted by Crippen LogP contribution is -2.16. The van der Waals surface area contributed by atoms with Crippen LogP contribution < -0.4 is 4.74 Å². The van der Waals surface area contributed by atoms with Crippen LogP contribution in [-0.4, -0.2) is 48.2 Å². The summed E-state index contributed by atoms with van der Waals surface area (Å²) in [6.45, 7) is 1.27. The smallest absolute Gasteiger partial charge is 0.341 e. The maximum Gasteiger partial charge on any atom is 0.341 e. The summed E-state index contributed by atoms with van der Waals surface area (Å²) < 4.78 is 5.33. The molecule has 0 saturated heterocycles. The van der Waals surface area contributed by atoms with Gasteiger partial charge >= 0.3 is 5.97 Å². The Morgan fingerprint density at radius 3 is 2.82 bits per heavy atom. The van der Waals surface area contributed by atoms with E-state index in [9.17, 15) is 4.79 Å². The van der Waals surface area contributed by atoms with Gasteiger partial charge in [-0.25, -0.2) is 9.78 Å². The first-order valence-corrected chi connectivity index (χ1v) is 5.56. The average molecular weight is 259 g/mol. The molecule has 5 nitrogen and oxygen atoms in total. The first-order valence-electron chi connectivity index (χ1n) is 5.18. The van der Waals surface area contributed by atoms with Crippen molar-refractivity contribution in [3.8, 4) is 5.88 Å². The monoisotopic (exact) mass is 258 g/mol. The van der Waals surface area contributed by atoms with Gasteiger partial charge in [-0.3, -0.25) is 0 Å². The van der Waals surface area contributed by atoms with Crippen molar-refractivity contribution < 1.29 is 14.6 Å². The fourth-order valence-electron chi connectivity index (χ4n) is 1.24. The lowest BCUT2D eigenvalue weighted by Gasteiger charge is -2.11. The molecule has 0 fully saturated rings. The highest BCUT2D eigenvalue weighted by Crippen LogP contribution is 2.19. The quantitative estimate of drug-likeness (QED) is 0.622. The van der Waals surface area contributed by atoms with Crippen molar-refractivity contribution in [3.63, 3.8) is 0 Å². The number of nitrogens with zero attached hydrogens (tertiary/aromatic N) is 2. The number of hydrogen-bond acceptors (Lipinski definition) is 4. The lowest BCUT2D eigenvalue weighted by molar-refractivity contribution is 0.0691. The highest BCUT2D eigenvalue weighted by molar-refractivity contribution is 6.29. The van der Waals surface area contributed by atoms with E-state index in [0.29, 0.717) is 6.61 Å². The van der Waals surface area contributed by atoms with Crippen LogP contribution in [0.1, 0.15) is 16.8 Å². The maximum absolute atomic E-state index is 10.9. The van der Waals surface area contributed by atoms with Crippen molar-refractivity contribution in [2.75, 3.05) is 27.2 Å². The van der Waals surface area contributed by atoms with E-state index in [1.165, 1.54) is 12.1 Å². The molecule has 0 unspecified atom stereocenters. The summed E-state index contributed by atoms with van der Waals surface area (Å²) in [5.41, 5.74) is 0.0271. The molecule has 6 heteroatoms. The van der Waals surface area contributed by atoms with Gasteiger partial charge in [0.05, 0.1) is 6.61 Å². The molecule has 0 atom stereocenters. The SMILES string of the molecule is CN(C)CCCOc1nc(Cl)ccc1C(=O)O. The maximum atomic E-state index is 10.9. The summed E-state index contributed by atoms with van der Waals surface area (Å²) in [6.07, 6.45) is 0.792. The second kappa shape index (κ2) is 6.42. The number of carboxylic acid groups (broad SMARTS) is 1. The number of carbonyl (C=O) groups is 1. The molecule has 0 aromatic carbocycles. The third kappa shape index (κ3) is 4.58. The fraction of sp³-hybridized carbons (Fsp3) is 0.455. The molecule has 94 valence electrons. The van der Waals surface area contributed by atoms with Crippen molar-refractivity contribution in [2.45, 2.75) is 6.42 Å². The van der Waals surface area contributed by atoms with Gasteiger partial charge in [0.25, 0.3) is 0 Å². The molecule has 0 aliphatic carbocycles. The number of rotatable bonds is 6. The number of carboxylic acids is 1. The number of pyridine rings is 1. The molecule has 0 bridgehead atoms. The van der Waals surface area contributed by atoms with E-state index >= 15 is 0 Å². The summed E-state index contributed by atoms with van der Waals surface area (Å²) >= 11 is 5.69. The van der Waals surface area contributed by atoms with Crippen LogP contribution in [0.5, 0.6) is 5.88 Å². The zero-order chi connectivity index (χ0) is 12.8. The number of ether oxygens (including phenoxy) is 1. The molecule has 1 rings (SSSR count). The third-order valence-electron chi connectivity index (χ3n) is 2.05. The van der Waals surface area contributed by atoms with Gasteiger partial charge in [-0.05, 0) is 32.6 Å². The molecule has 0 aliphatic heterocycles. The van der Waals surface area contributed by atoms with Crippen molar-refractivity contribution in [3.05, 3.63) is 22.8 Å². The molecule has 1 heterocycles. The Morgan fingerprint density at radius 2 is 2.24 bits per heavy atom. The summed E-state index contributed by atoms with van der Waals surface area (Å²) in [5, 5.41) is 9.15. The minimum absolute atomic E-state index is 0.0271. The van der Waals surface area contributed by atoms with E-state index in [1.807, 2.05) is 19.0 Å². The zero-order valence-electron chi connectivity index (χ0n) is 9.81. The van der Waals surface area contributed by atoms with Gasteiger partial charge in [0, 0.05) is 6.54 Å². The van der Waals surface area contributed by atoms with E-state index in [2.05, 4.69) is 4.98 Å². The number of aromatic carboxylic acids is 1. The molecule has 1 aromatic rings. The third-order valence-corrected chi connectivity index (χ3v) is 2.26. The molecule has 0 amide bonds. The number of hydrogen-bond donors (Lipinski definition) is 1. The largest absolute Gasteiger partial charge is 0.477 e. The Balaban J connectivity index is 2.62. The zero-order valence-corrected chi connectivity index (χ0v) is 10.6. The van der Waals surface area contributed by atoms with Crippen LogP contribution in [-0.2, 0) is 0 Å². The number of aromatic nitrogens is 1. The van der Waals surface area contributed by atoms with E-state index in [-0.39, 0.29) is 16.6 Å². The normalized spacial score (nSPS) is 10.6. The fourth-order valence-corrected chi connectivity index (χ4v) is 1.38. The van der Waals surface area contributed by atoms with Gasteiger partial charge in [-0.15, -0.1) is 0 Å². The van der Waals surface area contributed by atoms with Crippen LogP contribution >= 0.6 is 11.6 Å². The van der Waals surface area contributed by atoms with E-state index in [4.69, 9.17) is 21.4 Å². The van der Waals surface area contributed by atoms with E-state index < -0.39 is 5.97 Å². The van der Waals surface area contributed by atoms with Crippen molar-refractivity contribution in [1.29, 1.82) is 0 Å². The van der Waals surface area contributed by atoms with Gasteiger partial charge in [-0.2, -0.15) is 0 Å². The lowest BCUT2D eigenvalue weighted by atomic mass is 10.3. The number of halogens is 1.